The van der Waals surface area contributed by atoms with E-state index in [9.17, 15) is 0 Å². The second-order valence-electron chi connectivity index (χ2n) is 4.90. The molecule has 0 bridgehead atoms. The van der Waals surface area contributed by atoms with Crippen LogP contribution >= 0.6 is 24.4 Å². The zero-order valence-electron chi connectivity index (χ0n) is 12.8. The van der Waals surface area contributed by atoms with Crippen LogP contribution in [0.4, 0.5) is 5.69 Å². The van der Waals surface area contributed by atoms with Crippen LogP contribution in [0.5, 0.6) is 0 Å². The Hall–Kier alpha value is -1.45. The van der Waals surface area contributed by atoms with Crippen molar-refractivity contribution in [1.29, 1.82) is 0 Å². The molecule has 1 atom stereocenters. The summed E-state index contributed by atoms with van der Waals surface area (Å²) in [5.74, 6) is 0. The van der Waals surface area contributed by atoms with Crippen molar-refractivity contribution in [2.24, 2.45) is 4.99 Å². The molecule has 0 N–H and O–H groups in total. The van der Waals surface area contributed by atoms with E-state index in [-0.39, 0.29) is 4.58 Å². The highest BCUT2D eigenvalue weighted by atomic mass is 32.2. The van der Waals surface area contributed by atoms with Crippen molar-refractivity contribution in [3.05, 3.63) is 72.3 Å². The van der Waals surface area contributed by atoms with Gasteiger partial charge in [-0.2, -0.15) is 12.6 Å². The van der Waals surface area contributed by atoms with E-state index in [1.807, 2.05) is 42.6 Å². The first-order valence-corrected chi connectivity index (χ1v) is 8.80. The van der Waals surface area contributed by atoms with Crippen LogP contribution in [0.2, 0.25) is 0 Å². The summed E-state index contributed by atoms with van der Waals surface area (Å²) in [5, 5.41) is 0. The van der Waals surface area contributed by atoms with Crippen LogP contribution in [0.3, 0.4) is 0 Å². The molecule has 0 amide bonds. The van der Waals surface area contributed by atoms with Gasteiger partial charge in [0.15, 0.2) is 0 Å². The number of para-hydroxylation sites is 1. The Bertz CT molecular complexity index is 635. The van der Waals surface area contributed by atoms with Gasteiger partial charge in [0.1, 0.15) is 0 Å². The van der Waals surface area contributed by atoms with Crippen LogP contribution in [0.25, 0.3) is 0 Å². The van der Waals surface area contributed by atoms with Crippen LogP contribution in [-0.2, 0) is 6.42 Å². The minimum Gasteiger partial charge on any atom is -0.256 e. The van der Waals surface area contributed by atoms with Crippen molar-refractivity contribution >= 4 is 36.3 Å². The normalized spacial score (nSPS) is 12.5. The van der Waals surface area contributed by atoms with Crippen molar-refractivity contribution in [1.82, 2.24) is 0 Å². The minimum atomic E-state index is 0.287. The molecule has 2 aromatic rings. The van der Waals surface area contributed by atoms with Gasteiger partial charge in [0.05, 0.1) is 10.3 Å². The minimum absolute atomic E-state index is 0.287. The third-order valence-corrected chi connectivity index (χ3v) is 5.22. The number of benzene rings is 2. The summed E-state index contributed by atoms with van der Waals surface area (Å²) in [7, 11) is 0. The number of nitrogens with zero attached hydrogens (tertiary/aromatic N) is 1. The van der Waals surface area contributed by atoms with Gasteiger partial charge in [0.25, 0.3) is 0 Å². The molecule has 0 aliphatic heterocycles. The number of allylic oxidation sites excluding steroid dienone is 1. The van der Waals surface area contributed by atoms with Gasteiger partial charge in [-0.15, -0.1) is 18.3 Å². The Labute approximate surface area is 143 Å². The number of rotatable bonds is 7. The van der Waals surface area contributed by atoms with E-state index >= 15 is 0 Å². The Balaban J connectivity index is 2.34. The maximum Gasteiger partial charge on any atom is 0.0629 e. The lowest BCUT2D eigenvalue weighted by atomic mass is 10.1. The van der Waals surface area contributed by atoms with E-state index in [0.717, 1.165) is 24.1 Å². The molecule has 0 radical (unpaired) electrons. The maximum atomic E-state index is 4.63. The molecule has 0 heterocycles. The Kier molecular flexibility index (Phi) is 6.81. The number of hydrogen-bond donors (Lipinski definition) is 1. The maximum absolute atomic E-state index is 4.63. The van der Waals surface area contributed by atoms with E-state index in [4.69, 9.17) is 0 Å². The number of hydrogen-bond acceptors (Lipinski definition) is 3. The topological polar surface area (TPSA) is 12.4 Å². The largest absolute Gasteiger partial charge is 0.256 e. The molecule has 0 saturated heterocycles. The fourth-order valence-electron chi connectivity index (χ4n) is 2.04. The van der Waals surface area contributed by atoms with E-state index in [1.165, 1.54) is 10.5 Å². The fraction of sp³-hybridized carbons (Fsp3) is 0.211. The predicted octanol–water partition coefficient (Wildman–Crippen LogP) is 5.92. The second kappa shape index (κ2) is 8.86. The number of thiol groups is 1. The molecule has 1 unspecified atom stereocenters. The van der Waals surface area contributed by atoms with Gasteiger partial charge < -0.3 is 0 Å². The molecule has 114 valence electrons. The second-order valence-corrected chi connectivity index (χ2v) is 7.09. The third-order valence-electron chi connectivity index (χ3n) is 3.20. The van der Waals surface area contributed by atoms with Gasteiger partial charge in [-0.1, -0.05) is 49.4 Å². The molecule has 22 heavy (non-hydrogen) atoms. The van der Waals surface area contributed by atoms with Crippen molar-refractivity contribution < 1.29 is 0 Å². The average molecular weight is 328 g/mol. The molecule has 2 aromatic carbocycles. The highest BCUT2D eigenvalue weighted by Crippen LogP contribution is 2.33. The molecule has 2 rings (SSSR count). The highest BCUT2D eigenvalue weighted by Gasteiger charge is 2.11. The van der Waals surface area contributed by atoms with E-state index < -0.39 is 0 Å². The molecular formula is C19H21NS2. The Morgan fingerprint density at radius 2 is 1.95 bits per heavy atom. The van der Waals surface area contributed by atoms with E-state index in [2.05, 4.69) is 49.3 Å². The fourth-order valence-corrected chi connectivity index (χ4v) is 3.36. The SMILES string of the molecule is C=CCc1cccc(C=Nc2ccccc2)c1SC(S)CC. The molecular weight excluding hydrogens is 306 g/mol. The van der Waals surface area contributed by atoms with Gasteiger partial charge in [-0.3, -0.25) is 4.99 Å². The Morgan fingerprint density at radius 1 is 1.18 bits per heavy atom. The summed E-state index contributed by atoms with van der Waals surface area (Å²) in [6.07, 6.45) is 5.77. The first-order valence-electron chi connectivity index (χ1n) is 7.41. The smallest absolute Gasteiger partial charge is 0.0629 e. The van der Waals surface area contributed by atoms with E-state index in [0.29, 0.717) is 0 Å². The van der Waals surface area contributed by atoms with Gasteiger partial charge in [0.2, 0.25) is 0 Å². The van der Waals surface area contributed by atoms with Crippen molar-refractivity contribution in [3.8, 4) is 0 Å². The first kappa shape index (κ1) is 16.9. The summed E-state index contributed by atoms with van der Waals surface area (Å²) in [6, 6.07) is 16.3. The molecule has 1 nitrogen and oxygen atoms in total. The first-order chi connectivity index (χ1) is 10.7. The monoisotopic (exact) mass is 327 g/mol. The van der Waals surface area contributed by atoms with Crippen LogP contribution in [-0.4, -0.2) is 10.8 Å². The van der Waals surface area contributed by atoms with Crippen LogP contribution < -0.4 is 0 Å². The molecule has 0 aromatic heterocycles. The zero-order chi connectivity index (χ0) is 15.8. The molecule has 0 fully saturated rings. The molecule has 0 aliphatic rings. The van der Waals surface area contributed by atoms with Crippen molar-refractivity contribution in [2.75, 3.05) is 0 Å². The van der Waals surface area contributed by atoms with Gasteiger partial charge in [-0.05, 0) is 30.5 Å². The quantitative estimate of drug-likeness (QED) is 0.219. The predicted molar refractivity (Wildman–Crippen MR) is 103 cm³/mol. The highest BCUT2D eigenvalue weighted by molar-refractivity contribution is 8.10. The standard InChI is InChI=1S/C19H21NS2/c1-3-9-15-10-8-11-16(19(15)22-18(21)4-2)14-20-17-12-6-5-7-13-17/h3,5-8,10-14,18,21H,1,4,9H2,2H3. The van der Waals surface area contributed by atoms with Crippen molar-refractivity contribution in [3.63, 3.8) is 0 Å². The molecule has 0 spiro atoms. The lowest BCUT2D eigenvalue weighted by Gasteiger charge is -2.14. The third kappa shape index (κ3) is 4.79. The van der Waals surface area contributed by atoms with E-state index in [1.54, 1.807) is 11.8 Å². The number of thioether (sulfide) groups is 1. The summed E-state index contributed by atoms with van der Waals surface area (Å²) in [5.41, 5.74) is 3.38. The molecule has 0 aliphatic carbocycles. The van der Waals surface area contributed by atoms with Crippen LogP contribution in [0, 0.1) is 0 Å². The summed E-state index contributed by atoms with van der Waals surface area (Å²) < 4.78 is 0.287. The molecule has 0 saturated carbocycles. The average Bonchev–Trinajstić information content (AvgIpc) is 2.56. The lowest BCUT2D eigenvalue weighted by molar-refractivity contribution is 1.06. The zero-order valence-corrected chi connectivity index (χ0v) is 14.5. The summed E-state index contributed by atoms with van der Waals surface area (Å²) in [4.78, 5) is 5.84. The lowest BCUT2D eigenvalue weighted by Crippen LogP contribution is -1.97. The van der Waals surface area contributed by atoms with Gasteiger partial charge >= 0.3 is 0 Å². The van der Waals surface area contributed by atoms with Gasteiger partial charge in [0, 0.05) is 16.7 Å². The van der Waals surface area contributed by atoms with Crippen LogP contribution in [0.15, 0.2) is 71.1 Å². The summed E-state index contributed by atoms with van der Waals surface area (Å²) in [6.45, 7) is 6.01. The van der Waals surface area contributed by atoms with Crippen molar-refractivity contribution in [2.45, 2.75) is 29.2 Å². The van der Waals surface area contributed by atoms with Gasteiger partial charge in [-0.25, -0.2) is 0 Å². The summed E-state index contributed by atoms with van der Waals surface area (Å²) >= 11 is 6.43. The number of aliphatic imine (C=N–C) groups is 1. The molecule has 3 heteroatoms. The Morgan fingerprint density at radius 3 is 2.64 bits per heavy atom. The van der Waals surface area contributed by atoms with Crippen LogP contribution in [0.1, 0.15) is 24.5 Å².